The molecule has 1 N–H and O–H groups in total. The van der Waals surface area contributed by atoms with Crippen LogP contribution in [0.2, 0.25) is 5.02 Å². The highest BCUT2D eigenvalue weighted by molar-refractivity contribution is 7.81. The number of hydrogen-bond acceptors (Lipinski definition) is 2. The van der Waals surface area contributed by atoms with Crippen LogP contribution in [-0.2, 0) is 4.57 Å². The molecule has 25 heavy (non-hydrogen) atoms. The van der Waals surface area contributed by atoms with Crippen LogP contribution in [0.3, 0.4) is 0 Å². The predicted octanol–water partition coefficient (Wildman–Crippen LogP) is 5.63. The fourth-order valence-corrected chi connectivity index (χ4v) is 5.32. The van der Waals surface area contributed by atoms with E-state index in [1.54, 1.807) is 0 Å². The van der Waals surface area contributed by atoms with Crippen molar-refractivity contribution in [3.63, 3.8) is 0 Å². The smallest absolute Gasteiger partial charge is 0.165 e. The van der Waals surface area contributed by atoms with E-state index in [4.69, 9.17) is 11.6 Å². The summed E-state index contributed by atoms with van der Waals surface area (Å²) in [5.41, 5.74) is 1.69. The van der Waals surface area contributed by atoms with E-state index in [1.165, 1.54) is 0 Å². The fourth-order valence-electron chi connectivity index (χ4n) is 2.70. The maximum Gasteiger partial charge on any atom is 0.165 e. The number of hydrogen-bond donors (Lipinski definition) is 1. The Morgan fingerprint density at radius 1 is 0.880 bits per heavy atom. The normalized spacial score (nSPS) is 12.0. The van der Waals surface area contributed by atoms with Crippen molar-refractivity contribution in [2.45, 2.75) is 6.92 Å². The van der Waals surface area contributed by atoms with Gasteiger partial charge in [0.15, 0.2) is 7.14 Å². The zero-order valence-corrected chi connectivity index (χ0v) is 15.5. The lowest BCUT2D eigenvalue weighted by Gasteiger charge is -2.17. The summed E-state index contributed by atoms with van der Waals surface area (Å²) in [5.74, 6) is 1.83. The van der Waals surface area contributed by atoms with E-state index in [1.807, 2.05) is 97.7 Å². The molecule has 0 aliphatic heterocycles. The molecule has 2 nitrogen and oxygen atoms in total. The summed E-state index contributed by atoms with van der Waals surface area (Å²) in [7, 11) is -2.89. The fraction of sp³-hybridized carbons (Fsp3) is 0.0476. The third-order valence-corrected chi connectivity index (χ3v) is 6.94. The van der Waals surface area contributed by atoms with E-state index in [0.717, 1.165) is 22.0 Å². The van der Waals surface area contributed by atoms with Crippen molar-refractivity contribution >= 4 is 35.0 Å². The Labute approximate surface area is 153 Å². The molecule has 0 saturated heterocycles. The van der Waals surface area contributed by atoms with E-state index >= 15 is 0 Å². The van der Waals surface area contributed by atoms with Gasteiger partial charge in [0.1, 0.15) is 0 Å². The van der Waals surface area contributed by atoms with Gasteiger partial charge in [-0.3, -0.25) is 0 Å². The second-order valence-corrected chi connectivity index (χ2v) is 8.82. The maximum absolute atomic E-state index is 13.9. The van der Waals surface area contributed by atoms with Gasteiger partial charge in [0.05, 0.1) is 0 Å². The number of allylic oxidation sites excluding steroid dienone is 1. The van der Waals surface area contributed by atoms with Gasteiger partial charge in [0.25, 0.3) is 0 Å². The van der Waals surface area contributed by atoms with Crippen LogP contribution in [0.4, 0.5) is 5.69 Å². The molecule has 0 heterocycles. The number of halogens is 1. The first-order valence-corrected chi connectivity index (χ1v) is 10.2. The molecular formula is C21H19ClNOP. The standard InChI is InChI=1S/C21H19ClNOP/c1-17(23-19-10-8-9-18(22)15-19)16-25(24,20-11-4-2-5-12-20)21-13-6-3-7-14-21/h2-16,23H,1H3/b17-16+. The highest BCUT2D eigenvalue weighted by Gasteiger charge is 2.24. The van der Waals surface area contributed by atoms with Crippen molar-refractivity contribution in [1.82, 2.24) is 0 Å². The van der Waals surface area contributed by atoms with E-state index < -0.39 is 7.14 Å². The third-order valence-electron chi connectivity index (χ3n) is 3.82. The molecule has 0 unspecified atom stereocenters. The van der Waals surface area contributed by atoms with E-state index in [-0.39, 0.29) is 0 Å². The van der Waals surface area contributed by atoms with Crippen molar-refractivity contribution in [2.24, 2.45) is 0 Å². The average molecular weight is 368 g/mol. The second kappa shape index (κ2) is 7.74. The van der Waals surface area contributed by atoms with Crippen molar-refractivity contribution in [3.05, 3.63) is 101 Å². The lowest BCUT2D eigenvalue weighted by molar-refractivity contribution is 0.592. The van der Waals surface area contributed by atoms with Crippen LogP contribution in [0.1, 0.15) is 6.92 Å². The summed E-state index contributed by atoms with van der Waals surface area (Å²) in [6.45, 7) is 1.92. The van der Waals surface area contributed by atoms with Crippen molar-refractivity contribution < 1.29 is 4.57 Å². The van der Waals surface area contributed by atoms with Gasteiger partial charge < -0.3 is 9.88 Å². The van der Waals surface area contributed by atoms with Gasteiger partial charge >= 0.3 is 0 Å². The molecule has 0 atom stereocenters. The van der Waals surface area contributed by atoms with Crippen LogP contribution in [0.5, 0.6) is 0 Å². The Morgan fingerprint density at radius 2 is 1.44 bits per heavy atom. The highest BCUT2D eigenvalue weighted by Crippen LogP contribution is 2.45. The molecule has 0 amide bonds. The highest BCUT2D eigenvalue weighted by atomic mass is 35.5. The molecule has 3 aromatic carbocycles. The van der Waals surface area contributed by atoms with Crippen molar-refractivity contribution in [2.75, 3.05) is 5.32 Å². The zero-order valence-electron chi connectivity index (χ0n) is 13.9. The molecule has 3 rings (SSSR count). The van der Waals surface area contributed by atoms with Gasteiger partial charge in [0.2, 0.25) is 0 Å². The molecule has 0 aliphatic carbocycles. The van der Waals surface area contributed by atoms with E-state index in [0.29, 0.717) is 5.02 Å². The van der Waals surface area contributed by atoms with Gasteiger partial charge in [-0.2, -0.15) is 0 Å². The summed E-state index contributed by atoms with van der Waals surface area (Å²) in [6.07, 6.45) is 0. The van der Waals surface area contributed by atoms with Crippen molar-refractivity contribution in [1.29, 1.82) is 0 Å². The molecule has 0 aliphatic rings. The lowest BCUT2D eigenvalue weighted by Crippen LogP contribution is -2.15. The molecule has 126 valence electrons. The first kappa shape index (κ1) is 17.5. The summed E-state index contributed by atoms with van der Waals surface area (Å²) >= 11 is 6.04. The Hall–Kier alpha value is -2.28. The molecule has 0 saturated carbocycles. The molecule has 3 aromatic rings. The number of nitrogens with one attached hydrogen (secondary N) is 1. The molecule has 0 bridgehead atoms. The SMILES string of the molecule is C/C(=C\P(=O)(c1ccccc1)c1ccccc1)Nc1cccc(Cl)c1. The molecule has 4 heteroatoms. The molecular weight excluding hydrogens is 349 g/mol. The van der Waals surface area contributed by atoms with Crippen LogP contribution in [0.15, 0.2) is 96.4 Å². The van der Waals surface area contributed by atoms with E-state index in [9.17, 15) is 4.57 Å². The monoisotopic (exact) mass is 367 g/mol. The number of rotatable bonds is 5. The predicted molar refractivity (Wildman–Crippen MR) is 109 cm³/mol. The first-order chi connectivity index (χ1) is 12.1. The van der Waals surface area contributed by atoms with Crippen LogP contribution in [0, 0.1) is 0 Å². The number of anilines is 1. The Kier molecular flexibility index (Phi) is 5.43. The first-order valence-electron chi connectivity index (χ1n) is 8.01. The molecule has 0 radical (unpaired) electrons. The quantitative estimate of drug-likeness (QED) is 0.592. The van der Waals surface area contributed by atoms with Crippen molar-refractivity contribution in [3.8, 4) is 0 Å². The summed E-state index contributed by atoms with van der Waals surface area (Å²) < 4.78 is 13.9. The minimum absolute atomic E-state index is 0.659. The summed E-state index contributed by atoms with van der Waals surface area (Å²) in [6, 6.07) is 26.7. The Balaban J connectivity index is 2.02. The van der Waals surface area contributed by atoms with Gasteiger partial charge in [-0.25, -0.2) is 0 Å². The van der Waals surface area contributed by atoms with Gasteiger partial charge in [-0.05, 0) is 25.1 Å². The Morgan fingerprint density at radius 3 is 1.96 bits per heavy atom. The van der Waals surface area contributed by atoms with Crippen LogP contribution in [-0.4, -0.2) is 0 Å². The summed E-state index contributed by atoms with van der Waals surface area (Å²) in [4.78, 5) is 0. The summed E-state index contributed by atoms with van der Waals surface area (Å²) in [5, 5.41) is 5.57. The zero-order chi connectivity index (χ0) is 17.7. The van der Waals surface area contributed by atoms with E-state index in [2.05, 4.69) is 5.32 Å². The topological polar surface area (TPSA) is 29.1 Å². The minimum Gasteiger partial charge on any atom is -0.359 e. The van der Waals surface area contributed by atoms with Crippen LogP contribution in [0.25, 0.3) is 0 Å². The largest absolute Gasteiger partial charge is 0.359 e. The average Bonchev–Trinajstić information content (AvgIpc) is 2.63. The van der Waals surface area contributed by atoms with Crippen LogP contribution < -0.4 is 15.9 Å². The molecule has 0 fully saturated rings. The minimum atomic E-state index is -2.89. The molecule has 0 spiro atoms. The van der Waals surface area contributed by atoms with Gasteiger partial charge in [-0.1, -0.05) is 78.3 Å². The van der Waals surface area contributed by atoms with Gasteiger partial charge in [-0.15, -0.1) is 0 Å². The molecule has 0 aromatic heterocycles. The second-order valence-electron chi connectivity index (χ2n) is 5.78. The van der Waals surface area contributed by atoms with Gasteiger partial charge in [0, 0.05) is 32.8 Å². The Bertz CT molecular complexity index is 879. The third kappa shape index (κ3) is 4.22. The maximum atomic E-state index is 13.9. The number of benzene rings is 3. The van der Waals surface area contributed by atoms with Crippen LogP contribution >= 0.6 is 18.7 Å². The lowest BCUT2D eigenvalue weighted by atomic mass is 10.3.